The van der Waals surface area contributed by atoms with Crippen LogP contribution in [0.4, 0.5) is 13.2 Å². The van der Waals surface area contributed by atoms with Crippen molar-refractivity contribution in [1.29, 1.82) is 0 Å². The van der Waals surface area contributed by atoms with Gasteiger partial charge >= 0.3 is 6.18 Å². The summed E-state index contributed by atoms with van der Waals surface area (Å²) in [6.45, 7) is 0.930. The van der Waals surface area contributed by atoms with Gasteiger partial charge in [0, 0.05) is 0 Å². The maximum Gasteiger partial charge on any atom is 0.416 e. The quantitative estimate of drug-likeness (QED) is 0.803. The molecule has 3 aliphatic rings. The topological polar surface area (TPSA) is 20.2 Å². The van der Waals surface area contributed by atoms with Gasteiger partial charge in [-0.2, -0.15) is 13.2 Å². The molecule has 0 spiro atoms. The molecule has 6 unspecified atom stereocenters. The van der Waals surface area contributed by atoms with Crippen LogP contribution in [0, 0.1) is 29.6 Å². The molecule has 0 radical (unpaired) electrons. The Hall–Kier alpha value is -0.250. The monoisotopic (exact) mass is 276 g/mol. The fourth-order valence-electron chi connectivity index (χ4n) is 5.14. The molecular formula is C15H23F3O. The normalized spacial score (nSPS) is 45.0. The summed E-state index contributed by atoms with van der Waals surface area (Å²) in [5.41, 5.74) is -2.51. The molecular weight excluding hydrogens is 253 g/mol. The number of hydrogen-bond donors (Lipinski definition) is 1. The van der Waals surface area contributed by atoms with Gasteiger partial charge < -0.3 is 5.11 Å². The molecule has 3 saturated carbocycles. The maximum absolute atomic E-state index is 12.8. The summed E-state index contributed by atoms with van der Waals surface area (Å²) in [4.78, 5) is 0. The van der Waals surface area contributed by atoms with Gasteiger partial charge in [-0.3, -0.25) is 0 Å². The summed E-state index contributed by atoms with van der Waals surface area (Å²) in [6.07, 6.45) is 2.21. The van der Waals surface area contributed by atoms with Crippen LogP contribution in [0.1, 0.15) is 51.9 Å². The van der Waals surface area contributed by atoms with Crippen molar-refractivity contribution in [3.8, 4) is 0 Å². The molecule has 6 atom stereocenters. The minimum atomic E-state index is -4.50. The van der Waals surface area contributed by atoms with Crippen LogP contribution in [0.15, 0.2) is 0 Å². The Morgan fingerprint density at radius 2 is 1.58 bits per heavy atom. The molecule has 0 amide bonds. The Morgan fingerprint density at radius 3 is 2.21 bits per heavy atom. The van der Waals surface area contributed by atoms with Crippen molar-refractivity contribution in [2.75, 3.05) is 0 Å². The Balaban J connectivity index is 1.63. The molecule has 1 N–H and O–H groups in total. The van der Waals surface area contributed by atoms with Crippen LogP contribution in [-0.4, -0.2) is 16.9 Å². The predicted octanol–water partition coefficient (Wildman–Crippen LogP) is 4.15. The first-order valence-corrected chi connectivity index (χ1v) is 7.57. The number of hydrogen-bond acceptors (Lipinski definition) is 1. The molecule has 19 heavy (non-hydrogen) atoms. The maximum atomic E-state index is 12.8. The second-order valence-corrected chi connectivity index (χ2v) is 7.32. The first-order valence-electron chi connectivity index (χ1n) is 7.57. The zero-order chi connectivity index (χ0) is 13.8. The minimum absolute atomic E-state index is 0.0530. The molecule has 0 aliphatic heterocycles. The third-order valence-corrected chi connectivity index (χ3v) is 6.09. The van der Waals surface area contributed by atoms with Crippen molar-refractivity contribution in [2.24, 2.45) is 29.6 Å². The standard InChI is InChI=1S/C15H23F3O/c1-14(19,15(16,17)18)8-9-2-5-12-10-3-4-11(7-10)13(12)6-9/h9-13,19H,2-8H2,1H3. The lowest BCUT2D eigenvalue weighted by Crippen LogP contribution is -2.44. The molecule has 0 aromatic rings. The highest BCUT2D eigenvalue weighted by molar-refractivity contribution is 5.00. The van der Waals surface area contributed by atoms with Gasteiger partial charge in [-0.25, -0.2) is 0 Å². The summed E-state index contributed by atoms with van der Waals surface area (Å²) in [7, 11) is 0. The summed E-state index contributed by atoms with van der Waals surface area (Å²) in [5.74, 6) is 3.12. The van der Waals surface area contributed by atoms with E-state index in [1.807, 2.05) is 0 Å². The molecule has 0 saturated heterocycles. The smallest absolute Gasteiger partial charge is 0.381 e. The van der Waals surface area contributed by atoms with E-state index in [0.29, 0.717) is 5.92 Å². The van der Waals surface area contributed by atoms with Crippen molar-refractivity contribution in [1.82, 2.24) is 0 Å². The molecule has 2 bridgehead atoms. The summed E-state index contributed by atoms with van der Waals surface area (Å²) in [5, 5.41) is 9.65. The minimum Gasteiger partial charge on any atom is -0.381 e. The number of alkyl halides is 3. The fraction of sp³-hybridized carbons (Fsp3) is 1.00. The summed E-state index contributed by atoms with van der Waals surface area (Å²) >= 11 is 0. The lowest BCUT2D eigenvalue weighted by atomic mass is 9.66. The van der Waals surface area contributed by atoms with E-state index >= 15 is 0 Å². The molecule has 4 heteroatoms. The molecule has 110 valence electrons. The van der Waals surface area contributed by atoms with Crippen LogP contribution in [-0.2, 0) is 0 Å². The van der Waals surface area contributed by atoms with Crippen molar-refractivity contribution in [3.05, 3.63) is 0 Å². The molecule has 0 heterocycles. The van der Waals surface area contributed by atoms with Crippen LogP contribution >= 0.6 is 0 Å². The second-order valence-electron chi connectivity index (χ2n) is 7.32. The van der Waals surface area contributed by atoms with E-state index in [4.69, 9.17) is 0 Å². The van der Waals surface area contributed by atoms with Crippen molar-refractivity contribution < 1.29 is 18.3 Å². The van der Waals surface area contributed by atoms with Gasteiger partial charge in [0.05, 0.1) is 0 Å². The lowest BCUT2D eigenvalue weighted by Gasteiger charge is -2.41. The van der Waals surface area contributed by atoms with E-state index < -0.39 is 11.8 Å². The van der Waals surface area contributed by atoms with Crippen LogP contribution in [0.2, 0.25) is 0 Å². The third kappa shape index (κ3) is 2.30. The van der Waals surface area contributed by atoms with E-state index in [0.717, 1.165) is 43.9 Å². The first kappa shape index (κ1) is 13.7. The van der Waals surface area contributed by atoms with Gasteiger partial charge in [0.2, 0.25) is 0 Å². The molecule has 3 aliphatic carbocycles. The van der Waals surface area contributed by atoms with Gasteiger partial charge in [0.15, 0.2) is 5.60 Å². The highest BCUT2D eigenvalue weighted by Crippen LogP contribution is 2.59. The third-order valence-electron chi connectivity index (χ3n) is 6.09. The van der Waals surface area contributed by atoms with E-state index in [1.165, 1.54) is 19.3 Å². The van der Waals surface area contributed by atoms with Crippen molar-refractivity contribution in [3.63, 3.8) is 0 Å². The van der Waals surface area contributed by atoms with Gasteiger partial charge in [-0.05, 0) is 75.0 Å². The van der Waals surface area contributed by atoms with E-state index in [1.54, 1.807) is 0 Å². The number of halogens is 3. The first-order chi connectivity index (χ1) is 8.78. The SMILES string of the molecule is CC(O)(CC1CCC2C3CCC(C3)C2C1)C(F)(F)F. The molecule has 1 nitrogen and oxygen atoms in total. The average Bonchev–Trinajstić information content (AvgIpc) is 2.87. The van der Waals surface area contributed by atoms with Gasteiger partial charge in [-0.15, -0.1) is 0 Å². The van der Waals surface area contributed by atoms with Crippen LogP contribution < -0.4 is 0 Å². The molecule has 3 fully saturated rings. The van der Waals surface area contributed by atoms with Gasteiger partial charge in [0.25, 0.3) is 0 Å². The van der Waals surface area contributed by atoms with E-state index in [-0.39, 0.29) is 12.3 Å². The largest absolute Gasteiger partial charge is 0.416 e. The Bertz CT molecular complexity index is 350. The van der Waals surface area contributed by atoms with Gasteiger partial charge in [0.1, 0.15) is 0 Å². The number of aliphatic hydroxyl groups is 1. The van der Waals surface area contributed by atoms with Gasteiger partial charge in [-0.1, -0.05) is 6.42 Å². The number of rotatable bonds is 2. The van der Waals surface area contributed by atoms with Crippen molar-refractivity contribution in [2.45, 2.75) is 63.6 Å². The van der Waals surface area contributed by atoms with E-state index in [2.05, 4.69) is 0 Å². The Morgan fingerprint density at radius 1 is 0.947 bits per heavy atom. The average molecular weight is 276 g/mol. The zero-order valence-electron chi connectivity index (χ0n) is 11.4. The Kier molecular flexibility index (Phi) is 3.16. The summed E-state index contributed by atoms with van der Waals surface area (Å²) in [6, 6.07) is 0. The second kappa shape index (κ2) is 4.37. The Labute approximate surface area is 112 Å². The van der Waals surface area contributed by atoms with Crippen LogP contribution in [0.3, 0.4) is 0 Å². The summed E-state index contributed by atoms with van der Waals surface area (Å²) < 4.78 is 38.3. The van der Waals surface area contributed by atoms with E-state index in [9.17, 15) is 18.3 Å². The zero-order valence-corrected chi connectivity index (χ0v) is 11.4. The fourth-order valence-corrected chi connectivity index (χ4v) is 5.14. The number of fused-ring (bicyclic) bond motifs is 5. The highest BCUT2D eigenvalue weighted by Gasteiger charge is 2.54. The lowest BCUT2D eigenvalue weighted by molar-refractivity contribution is -0.259. The molecule has 0 aromatic heterocycles. The molecule has 3 rings (SSSR count). The predicted molar refractivity (Wildman–Crippen MR) is 66.4 cm³/mol. The van der Waals surface area contributed by atoms with Crippen molar-refractivity contribution >= 4 is 0 Å². The van der Waals surface area contributed by atoms with Crippen LogP contribution in [0.25, 0.3) is 0 Å². The highest BCUT2D eigenvalue weighted by atomic mass is 19.4. The molecule has 0 aromatic carbocycles. The van der Waals surface area contributed by atoms with Crippen LogP contribution in [0.5, 0.6) is 0 Å².